The highest BCUT2D eigenvalue weighted by Crippen LogP contribution is 2.30. The maximum absolute atomic E-state index is 13.4. The van der Waals surface area contributed by atoms with Gasteiger partial charge in [0.2, 0.25) is 5.95 Å². The number of morpholine rings is 1. The minimum absolute atomic E-state index is 0.0192. The molecule has 1 amide bonds. The van der Waals surface area contributed by atoms with Gasteiger partial charge in [0.1, 0.15) is 5.52 Å². The molecule has 0 aliphatic carbocycles. The van der Waals surface area contributed by atoms with Gasteiger partial charge in [-0.15, -0.1) is 0 Å². The molecule has 8 nitrogen and oxygen atoms in total. The molecule has 0 radical (unpaired) electrons. The molecule has 8 heteroatoms. The fourth-order valence-electron chi connectivity index (χ4n) is 4.44. The number of fused-ring (bicyclic) bond motifs is 2. The fraction of sp³-hybridized carbons (Fsp3) is 0.280. The average Bonchev–Trinajstić information content (AvgIpc) is 3.32. The molecule has 0 N–H and O–H groups in total. The number of carbonyl (C=O) groups excluding carboxylic acids is 1. The van der Waals surface area contributed by atoms with E-state index < -0.39 is 0 Å². The van der Waals surface area contributed by atoms with Crippen LogP contribution >= 0.6 is 0 Å². The lowest BCUT2D eigenvalue weighted by molar-refractivity contribution is 0.0732. The van der Waals surface area contributed by atoms with Crippen LogP contribution in [0.25, 0.3) is 22.2 Å². The van der Waals surface area contributed by atoms with Gasteiger partial charge in [-0.1, -0.05) is 35.5 Å². The smallest absolute Gasteiger partial charge is 0.254 e. The largest absolute Gasteiger partial charge is 0.378 e. The molecule has 0 unspecified atom stereocenters. The fourth-order valence-corrected chi connectivity index (χ4v) is 4.44. The molecule has 1 saturated heterocycles. The second-order valence-corrected chi connectivity index (χ2v) is 8.33. The molecular formula is C25H23N5O3. The van der Waals surface area contributed by atoms with Crippen LogP contribution in [0.3, 0.4) is 0 Å². The summed E-state index contributed by atoms with van der Waals surface area (Å²) in [6.07, 6.45) is 2.65. The van der Waals surface area contributed by atoms with E-state index >= 15 is 0 Å². The maximum Gasteiger partial charge on any atom is 0.254 e. The number of rotatable bonds is 3. The number of aromatic nitrogens is 3. The van der Waals surface area contributed by atoms with Crippen molar-refractivity contribution in [3.8, 4) is 11.3 Å². The van der Waals surface area contributed by atoms with Crippen LogP contribution < -0.4 is 4.90 Å². The monoisotopic (exact) mass is 441 g/mol. The minimum atomic E-state index is -0.0192. The Balaban J connectivity index is 1.27. The van der Waals surface area contributed by atoms with Crippen molar-refractivity contribution in [2.75, 3.05) is 37.7 Å². The minimum Gasteiger partial charge on any atom is -0.378 e. The van der Waals surface area contributed by atoms with Gasteiger partial charge in [-0.05, 0) is 30.2 Å². The Kier molecular flexibility index (Phi) is 4.99. The van der Waals surface area contributed by atoms with Crippen LogP contribution in [-0.4, -0.2) is 58.8 Å². The van der Waals surface area contributed by atoms with Crippen molar-refractivity contribution >= 4 is 22.8 Å². The lowest BCUT2D eigenvalue weighted by Crippen LogP contribution is -2.39. The molecule has 33 heavy (non-hydrogen) atoms. The van der Waals surface area contributed by atoms with E-state index in [4.69, 9.17) is 14.2 Å². The van der Waals surface area contributed by atoms with E-state index in [1.165, 1.54) is 0 Å². The normalized spacial score (nSPS) is 16.1. The van der Waals surface area contributed by atoms with Crippen molar-refractivity contribution in [3.63, 3.8) is 0 Å². The molecular weight excluding hydrogens is 418 g/mol. The van der Waals surface area contributed by atoms with Gasteiger partial charge in [-0.25, -0.2) is 9.97 Å². The number of hydrogen-bond acceptors (Lipinski definition) is 7. The van der Waals surface area contributed by atoms with E-state index in [1.807, 2.05) is 59.6 Å². The first-order valence-electron chi connectivity index (χ1n) is 11.2. The van der Waals surface area contributed by atoms with Crippen molar-refractivity contribution in [1.82, 2.24) is 20.0 Å². The van der Waals surface area contributed by atoms with Crippen molar-refractivity contribution in [3.05, 3.63) is 71.5 Å². The summed E-state index contributed by atoms with van der Waals surface area (Å²) in [6, 6.07) is 15.4. The Bertz CT molecular complexity index is 1310. The molecule has 2 aliphatic rings. The molecule has 0 spiro atoms. The van der Waals surface area contributed by atoms with Crippen LogP contribution in [0, 0.1) is 0 Å². The van der Waals surface area contributed by atoms with Crippen LogP contribution in [0.2, 0.25) is 0 Å². The van der Waals surface area contributed by atoms with E-state index in [2.05, 4.69) is 15.0 Å². The highest BCUT2D eigenvalue weighted by molar-refractivity contribution is 6.01. The third-order valence-corrected chi connectivity index (χ3v) is 6.27. The van der Waals surface area contributed by atoms with E-state index in [0.717, 1.165) is 47.2 Å². The topological polar surface area (TPSA) is 84.6 Å². The first kappa shape index (κ1) is 19.9. The first-order valence-corrected chi connectivity index (χ1v) is 11.2. The van der Waals surface area contributed by atoms with Crippen LogP contribution in [0.1, 0.15) is 21.6 Å². The number of nitrogens with zero attached hydrogens (tertiary/aromatic N) is 5. The van der Waals surface area contributed by atoms with E-state index in [9.17, 15) is 4.79 Å². The molecule has 0 bridgehead atoms. The molecule has 2 aromatic heterocycles. The number of benzene rings is 2. The summed E-state index contributed by atoms with van der Waals surface area (Å²) in [5.41, 5.74) is 4.31. The van der Waals surface area contributed by atoms with Gasteiger partial charge in [0.25, 0.3) is 5.91 Å². The SMILES string of the molecule is O=C(c1ccc2noc(-c3ccccc3)c2c1)N1CCc2cnc(N3CCOCC3)nc2C1. The van der Waals surface area contributed by atoms with E-state index in [1.54, 1.807) is 0 Å². The van der Waals surface area contributed by atoms with Crippen molar-refractivity contribution in [2.45, 2.75) is 13.0 Å². The zero-order valence-electron chi connectivity index (χ0n) is 18.1. The molecule has 0 atom stereocenters. The van der Waals surface area contributed by atoms with Crippen LogP contribution in [0.5, 0.6) is 0 Å². The number of amides is 1. The van der Waals surface area contributed by atoms with E-state index in [-0.39, 0.29) is 5.91 Å². The molecule has 1 fully saturated rings. The van der Waals surface area contributed by atoms with Crippen molar-refractivity contribution < 1.29 is 14.1 Å². The maximum atomic E-state index is 13.4. The van der Waals surface area contributed by atoms with Gasteiger partial charge in [-0.2, -0.15) is 0 Å². The van der Waals surface area contributed by atoms with Gasteiger partial charge < -0.3 is 19.1 Å². The number of ether oxygens (including phenoxy) is 1. The standard InChI is InChI=1S/C25H23N5O3/c31-24(18-6-7-21-20(14-18)23(33-28-21)17-4-2-1-3-5-17)30-9-8-19-15-26-25(27-22(19)16-30)29-10-12-32-13-11-29/h1-7,14-15H,8-13,16H2. The second kappa shape index (κ2) is 8.29. The molecule has 2 aromatic carbocycles. The van der Waals surface area contributed by atoms with Crippen molar-refractivity contribution in [1.29, 1.82) is 0 Å². The molecule has 2 aliphatic heterocycles. The number of hydrogen-bond donors (Lipinski definition) is 0. The Morgan fingerprint density at radius 2 is 1.85 bits per heavy atom. The second-order valence-electron chi connectivity index (χ2n) is 8.33. The zero-order chi connectivity index (χ0) is 22.2. The Hall–Kier alpha value is -3.78. The molecule has 4 aromatic rings. The van der Waals surface area contributed by atoms with Crippen LogP contribution in [0.4, 0.5) is 5.95 Å². The predicted octanol–water partition coefficient (Wildman–Crippen LogP) is 3.32. The summed E-state index contributed by atoms with van der Waals surface area (Å²) < 4.78 is 11.0. The summed E-state index contributed by atoms with van der Waals surface area (Å²) in [4.78, 5) is 26.8. The number of carbonyl (C=O) groups is 1. The van der Waals surface area contributed by atoms with Crippen LogP contribution in [-0.2, 0) is 17.7 Å². The molecule has 166 valence electrons. The summed E-state index contributed by atoms with van der Waals surface area (Å²) in [5, 5.41) is 5.00. The first-order chi connectivity index (χ1) is 16.3. The zero-order valence-corrected chi connectivity index (χ0v) is 18.1. The Morgan fingerprint density at radius 1 is 1.00 bits per heavy atom. The Labute approximate surface area is 190 Å². The summed E-state index contributed by atoms with van der Waals surface area (Å²) in [5.74, 6) is 1.37. The lowest BCUT2D eigenvalue weighted by atomic mass is 10.0. The van der Waals surface area contributed by atoms with Crippen molar-refractivity contribution in [2.24, 2.45) is 0 Å². The van der Waals surface area contributed by atoms with E-state index in [0.29, 0.717) is 43.6 Å². The molecule has 0 saturated carbocycles. The highest BCUT2D eigenvalue weighted by atomic mass is 16.5. The lowest BCUT2D eigenvalue weighted by Gasteiger charge is -2.30. The number of anilines is 1. The quantitative estimate of drug-likeness (QED) is 0.482. The highest BCUT2D eigenvalue weighted by Gasteiger charge is 2.25. The predicted molar refractivity (Wildman–Crippen MR) is 123 cm³/mol. The molecule has 6 rings (SSSR count). The molecule has 4 heterocycles. The third-order valence-electron chi connectivity index (χ3n) is 6.27. The summed E-state index contributed by atoms with van der Waals surface area (Å²) in [7, 11) is 0. The van der Waals surface area contributed by atoms with Gasteiger partial charge in [0.15, 0.2) is 5.76 Å². The van der Waals surface area contributed by atoms with Gasteiger partial charge in [0.05, 0.1) is 30.8 Å². The Morgan fingerprint density at radius 3 is 2.70 bits per heavy atom. The van der Waals surface area contributed by atoms with Gasteiger partial charge >= 0.3 is 0 Å². The van der Waals surface area contributed by atoms with Gasteiger partial charge in [-0.3, -0.25) is 4.79 Å². The summed E-state index contributed by atoms with van der Waals surface area (Å²) in [6.45, 7) is 4.04. The third kappa shape index (κ3) is 3.72. The van der Waals surface area contributed by atoms with Crippen LogP contribution in [0.15, 0.2) is 59.3 Å². The summed E-state index contributed by atoms with van der Waals surface area (Å²) >= 11 is 0. The van der Waals surface area contributed by atoms with Gasteiger partial charge in [0, 0.05) is 37.0 Å². The average molecular weight is 441 g/mol.